The summed E-state index contributed by atoms with van der Waals surface area (Å²) < 4.78 is 11.8. The van der Waals surface area contributed by atoms with Gasteiger partial charge in [0.2, 0.25) is 0 Å². The number of aliphatic hydroxyl groups is 1. The first-order chi connectivity index (χ1) is 13.9. The molecule has 0 aliphatic carbocycles. The lowest BCUT2D eigenvalue weighted by atomic mass is 9.88. The van der Waals surface area contributed by atoms with E-state index in [2.05, 4.69) is 15.9 Å². The fourth-order valence-electron chi connectivity index (χ4n) is 3.83. The number of nitrogens with zero attached hydrogens (tertiary/aromatic N) is 1. The fourth-order valence-corrected chi connectivity index (χ4v) is 5.17. The maximum Gasteiger partial charge on any atom is 0.193 e. The van der Waals surface area contributed by atoms with Crippen molar-refractivity contribution in [1.29, 1.82) is 0 Å². The second kappa shape index (κ2) is 9.30. The summed E-state index contributed by atoms with van der Waals surface area (Å²) in [5.41, 5.74) is 0.633. The third kappa shape index (κ3) is 4.35. The number of hydrogen-bond acceptors (Lipinski definition) is 7. The molecule has 3 rings (SSSR count). The van der Waals surface area contributed by atoms with E-state index in [1.807, 2.05) is 23.4 Å². The molecule has 1 saturated heterocycles. The van der Waals surface area contributed by atoms with E-state index >= 15 is 0 Å². The lowest BCUT2D eigenvalue weighted by molar-refractivity contribution is 0.104. The summed E-state index contributed by atoms with van der Waals surface area (Å²) in [6.07, 6.45) is 3.88. The van der Waals surface area contributed by atoms with E-state index in [0.717, 1.165) is 22.3 Å². The second-order valence-corrected chi connectivity index (χ2v) is 8.77. The molecule has 2 heterocycles. The van der Waals surface area contributed by atoms with Crippen molar-refractivity contribution in [3.63, 3.8) is 0 Å². The molecular weight excluding hydrogens is 458 g/mol. The second-order valence-electron chi connectivity index (χ2n) is 6.91. The molecule has 2 unspecified atom stereocenters. The Morgan fingerprint density at radius 1 is 1.34 bits per heavy atom. The molecule has 8 heteroatoms. The van der Waals surface area contributed by atoms with Crippen molar-refractivity contribution in [1.82, 2.24) is 4.90 Å². The Kier molecular flexibility index (Phi) is 7.00. The highest BCUT2D eigenvalue weighted by atomic mass is 79.9. The Bertz CT molecular complexity index is 926. The maximum absolute atomic E-state index is 13.0. The molecule has 0 spiro atoms. The van der Waals surface area contributed by atoms with Crippen molar-refractivity contribution in [2.24, 2.45) is 0 Å². The van der Waals surface area contributed by atoms with Gasteiger partial charge in [0.05, 0.1) is 20.8 Å². The van der Waals surface area contributed by atoms with E-state index in [1.165, 1.54) is 31.6 Å². The molecule has 0 bridgehead atoms. The van der Waals surface area contributed by atoms with Gasteiger partial charge in [-0.15, -0.1) is 11.3 Å². The van der Waals surface area contributed by atoms with Crippen LogP contribution in [0.3, 0.4) is 0 Å². The molecule has 2 N–H and O–H groups in total. The predicted molar refractivity (Wildman–Crippen MR) is 117 cm³/mol. The molecule has 6 nitrogen and oxygen atoms in total. The van der Waals surface area contributed by atoms with Crippen LogP contribution in [-0.2, 0) is 0 Å². The number of likely N-dealkylation sites (tertiary alicyclic amines) is 1. The van der Waals surface area contributed by atoms with Crippen LogP contribution >= 0.6 is 27.3 Å². The van der Waals surface area contributed by atoms with Crippen LogP contribution in [-0.4, -0.2) is 61.4 Å². The molecular formula is C21H24BrNO5S. The SMILES string of the molecule is COc1cc(OC)c(C2CCN(C)C2CO)c(O)c1C(=O)C=Cc1cc(Br)cs1. The predicted octanol–water partition coefficient (Wildman–Crippen LogP) is 3.91. The van der Waals surface area contributed by atoms with Crippen molar-refractivity contribution in [2.45, 2.75) is 18.4 Å². The molecule has 2 atom stereocenters. The van der Waals surface area contributed by atoms with Crippen LogP contribution in [0.4, 0.5) is 0 Å². The first-order valence-corrected chi connectivity index (χ1v) is 10.8. The zero-order valence-corrected chi connectivity index (χ0v) is 18.9. The van der Waals surface area contributed by atoms with Gasteiger partial charge in [-0.2, -0.15) is 0 Å². The summed E-state index contributed by atoms with van der Waals surface area (Å²) in [7, 11) is 4.90. The van der Waals surface area contributed by atoms with Crippen LogP contribution in [0.1, 0.15) is 33.1 Å². The number of aromatic hydroxyl groups is 1. The van der Waals surface area contributed by atoms with Gasteiger partial charge in [-0.25, -0.2) is 0 Å². The van der Waals surface area contributed by atoms with E-state index in [0.29, 0.717) is 11.3 Å². The Labute approximate surface area is 182 Å². The van der Waals surface area contributed by atoms with Gasteiger partial charge in [0.1, 0.15) is 22.8 Å². The molecule has 0 radical (unpaired) electrons. The Morgan fingerprint density at radius 2 is 2.07 bits per heavy atom. The number of halogens is 1. The highest BCUT2D eigenvalue weighted by molar-refractivity contribution is 9.10. The molecule has 0 amide bonds. The Morgan fingerprint density at radius 3 is 2.66 bits per heavy atom. The highest BCUT2D eigenvalue weighted by Crippen LogP contribution is 2.47. The number of phenols is 1. The number of likely N-dealkylation sites (N-methyl/N-ethyl adjacent to an activating group) is 1. The molecule has 2 aromatic rings. The first-order valence-electron chi connectivity index (χ1n) is 9.16. The molecule has 1 aromatic heterocycles. The molecule has 29 heavy (non-hydrogen) atoms. The van der Waals surface area contributed by atoms with E-state index < -0.39 is 0 Å². The average molecular weight is 482 g/mol. The fraction of sp³-hybridized carbons (Fsp3) is 0.381. The largest absolute Gasteiger partial charge is 0.507 e. The average Bonchev–Trinajstić information content (AvgIpc) is 3.29. The summed E-state index contributed by atoms with van der Waals surface area (Å²) >= 11 is 4.89. The summed E-state index contributed by atoms with van der Waals surface area (Å²) in [6, 6.07) is 3.38. The van der Waals surface area contributed by atoms with Crippen LogP contribution in [0.25, 0.3) is 6.08 Å². The van der Waals surface area contributed by atoms with E-state index in [9.17, 15) is 15.0 Å². The normalized spacial score (nSPS) is 19.8. The van der Waals surface area contributed by atoms with Gasteiger partial charge in [0.15, 0.2) is 5.78 Å². The number of hydrogen-bond donors (Lipinski definition) is 2. The van der Waals surface area contributed by atoms with Crippen molar-refractivity contribution < 1.29 is 24.5 Å². The number of ketones is 1. The molecule has 1 aromatic carbocycles. The van der Waals surface area contributed by atoms with Crippen LogP contribution in [0.15, 0.2) is 28.1 Å². The minimum absolute atomic E-state index is 0.0494. The van der Waals surface area contributed by atoms with Crippen LogP contribution < -0.4 is 9.47 Å². The minimum atomic E-state index is -0.361. The maximum atomic E-state index is 13.0. The standard InChI is InChI=1S/C21H24BrNO5S/c1-23-7-6-14(15(23)10-24)19-17(27-2)9-18(28-3)20(21(19)26)16(25)5-4-13-8-12(22)11-29-13/h4-5,8-9,11,14-15,24,26H,6-7,10H2,1-3H3. The highest BCUT2D eigenvalue weighted by Gasteiger charge is 2.37. The summed E-state index contributed by atoms with van der Waals surface area (Å²) in [5, 5.41) is 22.9. The van der Waals surface area contributed by atoms with Crippen LogP contribution in [0.5, 0.6) is 17.2 Å². The van der Waals surface area contributed by atoms with Gasteiger partial charge in [-0.1, -0.05) is 0 Å². The summed E-state index contributed by atoms with van der Waals surface area (Å²) in [5.74, 6) is 0.0223. The van der Waals surface area contributed by atoms with Gasteiger partial charge >= 0.3 is 0 Å². The number of phenolic OH excluding ortho intramolecular Hbond substituents is 1. The summed E-state index contributed by atoms with van der Waals surface area (Å²) in [6.45, 7) is 0.729. The van der Waals surface area contributed by atoms with E-state index in [4.69, 9.17) is 9.47 Å². The number of thiophene rings is 1. The van der Waals surface area contributed by atoms with Gasteiger partial charge in [0.25, 0.3) is 0 Å². The van der Waals surface area contributed by atoms with E-state index in [-0.39, 0.29) is 41.4 Å². The van der Waals surface area contributed by atoms with Crippen molar-refractivity contribution in [3.8, 4) is 17.2 Å². The molecule has 156 valence electrons. The number of carbonyl (C=O) groups excluding carboxylic acids is 1. The lowest BCUT2D eigenvalue weighted by Crippen LogP contribution is -2.32. The zero-order chi connectivity index (χ0) is 21.1. The van der Waals surface area contributed by atoms with Crippen molar-refractivity contribution in [2.75, 3.05) is 34.4 Å². The van der Waals surface area contributed by atoms with Gasteiger partial charge in [0, 0.05) is 38.3 Å². The van der Waals surface area contributed by atoms with Crippen LogP contribution in [0, 0.1) is 0 Å². The third-order valence-corrected chi connectivity index (χ3v) is 6.98. The van der Waals surface area contributed by atoms with Gasteiger partial charge < -0.3 is 24.6 Å². The summed E-state index contributed by atoms with van der Waals surface area (Å²) in [4.78, 5) is 15.9. The number of allylic oxidation sites excluding steroid dienone is 1. The monoisotopic (exact) mass is 481 g/mol. The quantitative estimate of drug-likeness (QED) is 0.460. The van der Waals surface area contributed by atoms with Crippen molar-refractivity contribution >= 4 is 39.1 Å². The molecule has 1 fully saturated rings. The molecule has 1 aliphatic heterocycles. The van der Waals surface area contributed by atoms with Crippen molar-refractivity contribution in [3.05, 3.63) is 44.1 Å². The Balaban J connectivity index is 2.06. The number of methoxy groups -OCH3 is 2. The Hall–Kier alpha value is -1.87. The number of benzene rings is 1. The van der Waals surface area contributed by atoms with Gasteiger partial charge in [-0.3, -0.25) is 4.79 Å². The third-order valence-electron chi connectivity index (χ3n) is 5.32. The smallest absolute Gasteiger partial charge is 0.193 e. The molecule has 1 aliphatic rings. The minimum Gasteiger partial charge on any atom is -0.507 e. The number of ether oxygens (including phenoxy) is 2. The first kappa shape index (κ1) is 21.8. The zero-order valence-electron chi connectivity index (χ0n) is 16.5. The molecule has 0 saturated carbocycles. The van der Waals surface area contributed by atoms with Gasteiger partial charge in [-0.05, 0) is 54.2 Å². The number of aliphatic hydroxyl groups excluding tert-OH is 1. The number of carbonyl (C=O) groups is 1. The van der Waals surface area contributed by atoms with Crippen LogP contribution in [0.2, 0.25) is 0 Å². The topological polar surface area (TPSA) is 79.2 Å². The van der Waals surface area contributed by atoms with E-state index in [1.54, 1.807) is 12.1 Å². The lowest BCUT2D eigenvalue weighted by Gasteiger charge is -2.26. The number of rotatable bonds is 7.